The van der Waals surface area contributed by atoms with Crippen LogP contribution in [0.1, 0.15) is 47.2 Å². The highest BCUT2D eigenvalue weighted by molar-refractivity contribution is 6.02. The third kappa shape index (κ3) is 5.48. The predicted molar refractivity (Wildman–Crippen MR) is 275 cm³/mol. The van der Waals surface area contributed by atoms with Gasteiger partial charge in [-0.25, -0.2) is 0 Å². The summed E-state index contributed by atoms with van der Waals surface area (Å²) in [7, 11) is 0. The maximum absolute atomic E-state index is 2.56. The lowest BCUT2D eigenvalue weighted by molar-refractivity contribution is 0.660. The van der Waals surface area contributed by atoms with Crippen molar-refractivity contribution in [2.45, 2.75) is 24.7 Å². The molecule has 0 atom stereocenters. The summed E-state index contributed by atoms with van der Waals surface area (Å²) < 4.78 is 0. The molecule has 2 aliphatic carbocycles. The van der Waals surface area contributed by atoms with Crippen LogP contribution in [0.4, 0.5) is 34.1 Å². The Balaban J connectivity index is 1.12. The molecule has 0 amide bonds. The van der Waals surface area contributed by atoms with E-state index in [9.17, 15) is 0 Å². The van der Waals surface area contributed by atoms with Crippen LogP contribution in [0.5, 0.6) is 0 Å². The van der Waals surface area contributed by atoms with Crippen LogP contribution in [-0.4, -0.2) is 0 Å². The highest BCUT2D eigenvalue weighted by Gasteiger charge is 2.52. The molecule has 13 rings (SSSR count). The van der Waals surface area contributed by atoms with E-state index in [2.05, 4.69) is 266 Å². The molecule has 0 fully saturated rings. The first-order valence-corrected chi connectivity index (χ1v) is 23.1. The van der Waals surface area contributed by atoms with Crippen LogP contribution in [0, 0.1) is 0 Å². The number of para-hydroxylation sites is 3. The van der Waals surface area contributed by atoms with E-state index in [0.29, 0.717) is 0 Å². The van der Waals surface area contributed by atoms with Gasteiger partial charge in [-0.3, -0.25) is 0 Å². The second-order valence-corrected chi connectivity index (χ2v) is 18.4. The minimum absolute atomic E-state index is 0.176. The number of anilines is 6. The molecule has 1 aliphatic heterocycles. The molecule has 0 saturated heterocycles. The molecule has 66 heavy (non-hydrogen) atoms. The monoisotopic (exact) mass is 842 g/mol. The van der Waals surface area contributed by atoms with Crippen molar-refractivity contribution in [2.75, 3.05) is 9.80 Å². The maximum Gasteiger partial charge on any atom is 0.0755 e. The van der Waals surface area contributed by atoms with E-state index in [1.807, 2.05) is 0 Å². The van der Waals surface area contributed by atoms with Gasteiger partial charge in [0.15, 0.2) is 0 Å². The minimum Gasteiger partial charge on any atom is -0.310 e. The molecule has 0 bridgehead atoms. The largest absolute Gasteiger partial charge is 0.310 e. The Hall–Kier alpha value is -8.20. The molecular formula is C64H46N2. The van der Waals surface area contributed by atoms with Gasteiger partial charge in [0.1, 0.15) is 0 Å². The number of rotatable bonds is 6. The molecule has 0 saturated carbocycles. The van der Waals surface area contributed by atoms with Gasteiger partial charge in [-0.1, -0.05) is 196 Å². The number of hydrogen-bond donors (Lipinski definition) is 0. The van der Waals surface area contributed by atoms with Gasteiger partial charge in [-0.2, -0.15) is 0 Å². The Morgan fingerprint density at radius 1 is 0.333 bits per heavy atom. The van der Waals surface area contributed by atoms with Crippen molar-refractivity contribution in [2.24, 2.45) is 0 Å². The molecule has 0 N–H and O–H groups in total. The van der Waals surface area contributed by atoms with Crippen molar-refractivity contribution in [3.63, 3.8) is 0 Å². The fourth-order valence-electron chi connectivity index (χ4n) is 11.8. The molecule has 312 valence electrons. The van der Waals surface area contributed by atoms with E-state index in [4.69, 9.17) is 0 Å². The summed E-state index contributed by atoms with van der Waals surface area (Å²) in [6, 6.07) is 90.2. The average molecular weight is 843 g/mol. The lowest BCUT2D eigenvalue weighted by Crippen LogP contribution is -2.36. The summed E-state index contributed by atoms with van der Waals surface area (Å²) in [5, 5.41) is 0. The quantitative estimate of drug-likeness (QED) is 0.165. The number of benzene rings is 10. The predicted octanol–water partition coefficient (Wildman–Crippen LogP) is 16.9. The topological polar surface area (TPSA) is 6.48 Å². The molecule has 0 radical (unpaired) electrons. The van der Waals surface area contributed by atoms with Gasteiger partial charge in [0.25, 0.3) is 0 Å². The Morgan fingerprint density at radius 2 is 0.833 bits per heavy atom. The number of nitrogens with zero attached hydrogens (tertiary/aromatic N) is 2. The van der Waals surface area contributed by atoms with Crippen molar-refractivity contribution in [3.8, 4) is 44.5 Å². The van der Waals surface area contributed by atoms with Gasteiger partial charge in [0.05, 0.1) is 22.5 Å². The zero-order valence-electron chi connectivity index (χ0n) is 37.0. The molecule has 2 heteroatoms. The molecule has 10 aromatic rings. The smallest absolute Gasteiger partial charge is 0.0755 e. The lowest BCUT2D eigenvalue weighted by Gasteiger charge is -2.45. The Labute approximate surface area is 387 Å². The summed E-state index contributed by atoms with van der Waals surface area (Å²) in [6.07, 6.45) is 0. The standard InChI is InChI=1S/C64H46N2/c1-63(2)53-29-14-12-27-50(53)51-38-37-48(42-58(51)63)65(49-40-45(43-21-6-3-7-22-43)39-46(41-49)44-23-8-4-9-24-44)61-36-20-33-57-62(61)52-28-13-15-30-54(52)64(57)55-31-16-18-34-59(55)66(47-25-10-5-11-26-47)60-35-19-17-32-56(60)64/h3-42H,1-2H3. The van der Waals surface area contributed by atoms with Crippen LogP contribution in [0.3, 0.4) is 0 Å². The highest BCUT2D eigenvalue weighted by atomic mass is 15.2. The van der Waals surface area contributed by atoms with Crippen LogP contribution < -0.4 is 9.80 Å². The molecule has 2 nitrogen and oxygen atoms in total. The fraction of sp³-hybridized carbons (Fsp3) is 0.0625. The van der Waals surface area contributed by atoms with Crippen molar-refractivity contribution in [3.05, 3.63) is 276 Å². The van der Waals surface area contributed by atoms with Gasteiger partial charge < -0.3 is 9.80 Å². The molecule has 3 aliphatic rings. The van der Waals surface area contributed by atoms with Crippen LogP contribution in [-0.2, 0) is 10.8 Å². The van der Waals surface area contributed by atoms with E-state index in [-0.39, 0.29) is 5.41 Å². The maximum atomic E-state index is 2.56. The summed E-state index contributed by atoms with van der Waals surface area (Å²) in [6.45, 7) is 4.76. The summed E-state index contributed by atoms with van der Waals surface area (Å²) in [5.74, 6) is 0. The van der Waals surface area contributed by atoms with Gasteiger partial charge in [0.2, 0.25) is 0 Å². The van der Waals surface area contributed by atoms with Crippen LogP contribution in [0.2, 0.25) is 0 Å². The van der Waals surface area contributed by atoms with Crippen LogP contribution in [0.25, 0.3) is 44.5 Å². The van der Waals surface area contributed by atoms with Gasteiger partial charge >= 0.3 is 0 Å². The zero-order valence-corrected chi connectivity index (χ0v) is 37.0. The SMILES string of the molecule is CC1(C)c2ccccc2-c2ccc(N(c3cc(-c4ccccc4)cc(-c4ccccc4)c3)c3cccc4c3-c3ccccc3C43c4ccccc4N(c4ccccc4)c4ccccc43)cc21. The lowest BCUT2D eigenvalue weighted by atomic mass is 9.64. The van der Waals surface area contributed by atoms with E-state index in [1.54, 1.807) is 0 Å². The fourth-order valence-corrected chi connectivity index (χ4v) is 11.8. The van der Waals surface area contributed by atoms with E-state index >= 15 is 0 Å². The van der Waals surface area contributed by atoms with Gasteiger partial charge in [0, 0.05) is 28.0 Å². The first-order valence-electron chi connectivity index (χ1n) is 23.1. The molecule has 10 aromatic carbocycles. The first-order chi connectivity index (χ1) is 32.5. The summed E-state index contributed by atoms with van der Waals surface area (Å²) in [5.41, 5.74) is 23.8. The molecule has 0 aromatic heterocycles. The zero-order chi connectivity index (χ0) is 44.0. The second-order valence-electron chi connectivity index (χ2n) is 18.4. The van der Waals surface area contributed by atoms with Crippen LogP contribution in [0.15, 0.2) is 243 Å². The van der Waals surface area contributed by atoms with E-state index in [0.717, 1.165) is 22.7 Å². The Bertz CT molecular complexity index is 3410. The number of fused-ring (bicyclic) bond motifs is 12. The molecule has 1 spiro atoms. The van der Waals surface area contributed by atoms with E-state index in [1.165, 1.54) is 89.3 Å². The van der Waals surface area contributed by atoms with Gasteiger partial charge in [-0.15, -0.1) is 0 Å². The Morgan fingerprint density at radius 3 is 1.47 bits per heavy atom. The molecule has 1 heterocycles. The minimum atomic E-state index is -0.589. The summed E-state index contributed by atoms with van der Waals surface area (Å²) in [4.78, 5) is 5.01. The van der Waals surface area contributed by atoms with Crippen molar-refractivity contribution < 1.29 is 0 Å². The van der Waals surface area contributed by atoms with Crippen molar-refractivity contribution in [1.29, 1.82) is 0 Å². The van der Waals surface area contributed by atoms with Crippen molar-refractivity contribution in [1.82, 2.24) is 0 Å². The summed E-state index contributed by atoms with van der Waals surface area (Å²) >= 11 is 0. The number of hydrogen-bond acceptors (Lipinski definition) is 2. The Kier molecular flexibility index (Phi) is 8.51. The molecular weight excluding hydrogens is 797 g/mol. The van der Waals surface area contributed by atoms with Gasteiger partial charge in [-0.05, 0) is 133 Å². The normalized spacial score (nSPS) is 14.1. The first kappa shape index (κ1) is 38.3. The third-order valence-corrected chi connectivity index (χ3v) is 14.6. The average Bonchev–Trinajstić information content (AvgIpc) is 3.80. The highest BCUT2D eigenvalue weighted by Crippen LogP contribution is 2.65. The van der Waals surface area contributed by atoms with Crippen LogP contribution >= 0.6 is 0 Å². The third-order valence-electron chi connectivity index (χ3n) is 14.6. The second kappa shape index (κ2) is 14.7. The van der Waals surface area contributed by atoms with Crippen molar-refractivity contribution >= 4 is 34.1 Å². The van der Waals surface area contributed by atoms with E-state index < -0.39 is 5.41 Å². The molecule has 0 unspecified atom stereocenters.